The average molecular weight is 187 g/mol. The predicted molar refractivity (Wildman–Crippen MR) is 49.5 cm³/mol. The summed E-state index contributed by atoms with van der Waals surface area (Å²) in [4.78, 5) is 10.7. The molecule has 0 bridgehead atoms. The molecule has 0 aliphatic heterocycles. The van der Waals surface area contributed by atoms with Gasteiger partial charge in [0.1, 0.15) is 0 Å². The summed E-state index contributed by atoms with van der Waals surface area (Å²) in [6.07, 6.45) is 0. The molecular weight excluding hydrogens is 180 g/mol. The topological polar surface area (TPSA) is 17.1 Å². The summed E-state index contributed by atoms with van der Waals surface area (Å²) in [5.74, 6) is 0. The predicted octanol–water partition coefficient (Wildman–Crippen LogP) is 2.72. The number of benzene rings is 1. The van der Waals surface area contributed by atoms with Crippen molar-refractivity contribution in [3.63, 3.8) is 0 Å². The molecule has 0 aromatic heterocycles. The van der Waals surface area contributed by atoms with Crippen molar-refractivity contribution in [2.75, 3.05) is 0 Å². The van der Waals surface area contributed by atoms with E-state index in [-0.39, 0.29) is 5.12 Å². The highest BCUT2D eigenvalue weighted by atomic mass is 35.5. The fraction of sp³-hybridized carbons (Fsp3) is 0.125. The molecule has 0 N–H and O–H groups in total. The van der Waals surface area contributed by atoms with Gasteiger partial charge in [-0.05, 0) is 30.7 Å². The molecule has 1 aromatic carbocycles. The second-order valence-corrected chi connectivity index (χ2v) is 3.08. The van der Waals surface area contributed by atoms with Crippen LogP contribution in [-0.2, 0) is 0 Å². The van der Waals surface area contributed by atoms with Crippen molar-refractivity contribution in [1.29, 1.82) is 0 Å². The molecule has 0 aliphatic rings. The van der Waals surface area contributed by atoms with Gasteiger partial charge in [-0.2, -0.15) is 0 Å². The number of hydrogen-bond acceptors (Lipinski definition) is 1. The molecule has 0 unspecified atom stereocenters. The summed E-state index contributed by atoms with van der Waals surface area (Å²) in [6, 6.07) is 5.07. The number of halogens is 1. The Morgan fingerprint density at radius 1 is 1.55 bits per heavy atom. The number of rotatable bonds is 1. The van der Waals surface area contributed by atoms with Gasteiger partial charge in [-0.1, -0.05) is 11.6 Å². The smallest absolute Gasteiger partial charge is 0.216 e. The van der Waals surface area contributed by atoms with Crippen molar-refractivity contribution in [3.8, 4) is 0 Å². The number of aryl methyl sites for hydroxylation is 1. The molecule has 11 heavy (non-hydrogen) atoms. The Kier molecular flexibility index (Phi) is 2.58. The minimum absolute atomic E-state index is 0.232. The molecule has 58 valence electrons. The van der Waals surface area contributed by atoms with Crippen LogP contribution in [0.3, 0.4) is 0 Å². The van der Waals surface area contributed by atoms with Crippen molar-refractivity contribution >= 4 is 29.3 Å². The van der Waals surface area contributed by atoms with Crippen molar-refractivity contribution in [1.82, 2.24) is 0 Å². The molecule has 3 heteroatoms. The van der Waals surface area contributed by atoms with E-state index < -0.39 is 0 Å². The second kappa shape index (κ2) is 3.28. The summed E-state index contributed by atoms with van der Waals surface area (Å²) in [5.41, 5.74) is 1.47. The van der Waals surface area contributed by atoms with E-state index in [9.17, 15) is 4.79 Å². The number of hydrogen-bond donors (Lipinski definition) is 1. The highest BCUT2D eigenvalue weighted by Crippen LogP contribution is 2.16. The standard InChI is InChI=1S/C8H7ClOS/c1-5-4-6(8(10)11)2-3-7(5)9/h2-4H,1H3,(H,10,11). The number of carbonyl (C=O) groups is 1. The molecule has 0 saturated carbocycles. The van der Waals surface area contributed by atoms with E-state index in [0.29, 0.717) is 10.6 Å². The quantitative estimate of drug-likeness (QED) is 0.668. The maximum Gasteiger partial charge on any atom is 0.216 e. The maximum absolute atomic E-state index is 10.7. The zero-order valence-electron chi connectivity index (χ0n) is 5.97. The van der Waals surface area contributed by atoms with Gasteiger partial charge in [-0.25, -0.2) is 0 Å². The van der Waals surface area contributed by atoms with Gasteiger partial charge in [0.05, 0.1) is 0 Å². The molecule has 0 fully saturated rings. The van der Waals surface area contributed by atoms with Gasteiger partial charge in [0.25, 0.3) is 0 Å². The Hall–Kier alpha value is -0.470. The normalized spacial score (nSPS) is 9.73. The minimum Gasteiger partial charge on any atom is -0.282 e. The molecule has 0 spiro atoms. The zero-order chi connectivity index (χ0) is 8.43. The summed E-state index contributed by atoms with van der Waals surface area (Å²) in [7, 11) is 0. The van der Waals surface area contributed by atoms with Gasteiger partial charge in [0, 0.05) is 10.6 Å². The van der Waals surface area contributed by atoms with Crippen LogP contribution < -0.4 is 0 Å². The third kappa shape index (κ3) is 1.98. The first-order chi connectivity index (χ1) is 5.11. The van der Waals surface area contributed by atoms with E-state index in [2.05, 4.69) is 12.6 Å². The van der Waals surface area contributed by atoms with Crippen molar-refractivity contribution < 1.29 is 4.79 Å². The van der Waals surface area contributed by atoms with Crippen LogP contribution in [0.2, 0.25) is 5.02 Å². The Morgan fingerprint density at radius 2 is 2.18 bits per heavy atom. The molecule has 1 rings (SSSR count). The summed E-state index contributed by atoms with van der Waals surface area (Å²) >= 11 is 9.44. The van der Waals surface area contributed by atoms with Gasteiger partial charge in [0.15, 0.2) is 0 Å². The molecule has 0 heterocycles. The Bertz CT molecular complexity index is 296. The number of thiol groups is 1. The molecule has 1 aromatic rings. The van der Waals surface area contributed by atoms with Crippen LogP contribution >= 0.6 is 24.2 Å². The first-order valence-electron chi connectivity index (χ1n) is 3.10. The monoisotopic (exact) mass is 186 g/mol. The van der Waals surface area contributed by atoms with E-state index in [4.69, 9.17) is 11.6 Å². The van der Waals surface area contributed by atoms with Crippen molar-refractivity contribution in [2.24, 2.45) is 0 Å². The van der Waals surface area contributed by atoms with E-state index in [1.807, 2.05) is 6.92 Å². The van der Waals surface area contributed by atoms with Crippen LogP contribution in [0.4, 0.5) is 0 Å². The highest BCUT2D eigenvalue weighted by molar-refractivity contribution is 7.97. The summed E-state index contributed by atoms with van der Waals surface area (Å²) in [6.45, 7) is 1.85. The lowest BCUT2D eigenvalue weighted by molar-refractivity contribution is 0.109. The SMILES string of the molecule is Cc1cc(C(=O)S)ccc1Cl. The maximum atomic E-state index is 10.7. The number of carbonyl (C=O) groups excluding carboxylic acids is 1. The van der Waals surface area contributed by atoms with E-state index in [0.717, 1.165) is 5.56 Å². The summed E-state index contributed by atoms with van der Waals surface area (Å²) in [5, 5.41) is 0.438. The van der Waals surface area contributed by atoms with Crippen LogP contribution in [0.15, 0.2) is 18.2 Å². The van der Waals surface area contributed by atoms with Crippen LogP contribution in [0.25, 0.3) is 0 Å². The lowest BCUT2D eigenvalue weighted by Gasteiger charge is -1.98. The highest BCUT2D eigenvalue weighted by Gasteiger charge is 2.01. The lowest BCUT2D eigenvalue weighted by atomic mass is 10.1. The Balaban J connectivity index is 3.15. The zero-order valence-corrected chi connectivity index (χ0v) is 7.62. The first kappa shape index (κ1) is 8.62. The molecular formula is C8H7ClOS. The largest absolute Gasteiger partial charge is 0.282 e. The van der Waals surface area contributed by atoms with E-state index in [1.54, 1.807) is 18.2 Å². The lowest BCUT2D eigenvalue weighted by Crippen LogP contribution is -1.89. The van der Waals surface area contributed by atoms with Gasteiger partial charge in [-0.15, -0.1) is 12.6 Å². The average Bonchev–Trinajstić information content (AvgIpc) is 1.94. The molecule has 0 amide bonds. The molecule has 0 saturated heterocycles. The van der Waals surface area contributed by atoms with E-state index in [1.165, 1.54) is 0 Å². The third-order valence-electron chi connectivity index (χ3n) is 1.40. The third-order valence-corrected chi connectivity index (χ3v) is 2.09. The molecule has 1 nitrogen and oxygen atoms in total. The van der Waals surface area contributed by atoms with Gasteiger partial charge < -0.3 is 0 Å². The van der Waals surface area contributed by atoms with Crippen molar-refractivity contribution in [3.05, 3.63) is 34.3 Å². The van der Waals surface area contributed by atoms with Crippen LogP contribution in [0.1, 0.15) is 15.9 Å². The summed E-state index contributed by atoms with van der Waals surface area (Å²) < 4.78 is 0. The first-order valence-corrected chi connectivity index (χ1v) is 3.93. The second-order valence-electron chi connectivity index (χ2n) is 2.27. The van der Waals surface area contributed by atoms with Crippen LogP contribution in [0, 0.1) is 6.92 Å². The van der Waals surface area contributed by atoms with Gasteiger partial charge >= 0.3 is 0 Å². The minimum atomic E-state index is -0.232. The van der Waals surface area contributed by atoms with Gasteiger partial charge in [-0.3, -0.25) is 4.79 Å². The molecule has 0 atom stereocenters. The van der Waals surface area contributed by atoms with Crippen LogP contribution in [0.5, 0.6) is 0 Å². The van der Waals surface area contributed by atoms with E-state index >= 15 is 0 Å². The Labute approximate surface area is 75.8 Å². The van der Waals surface area contributed by atoms with Gasteiger partial charge in [0.2, 0.25) is 5.12 Å². The Morgan fingerprint density at radius 3 is 2.64 bits per heavy atom. The molecule has 0 radical (unpaired) electrons. The van der Waals surface area contributed by atoms with Crippen LogP contribution in [-0.4, -0.2) is 5.12 Å². The van der Waals surface area contributed by atoms with Crippen molar-refractivity contribution in [2.45, 2.75) is 6.92 Å². The fourth-order valence-corrected chi connectivity index (χ4v) is 1.03. The fourth-order valence-electron chi connectivity index (χ4n) is 0.778. The molecule has 0 aliphatic carbocycles.